The molecule has 1 unspecified atom stereocenters. The molecule has 0 radical (unpaired) electrons. The predicted molar refractivity (Wildman–Crippen MR) is 95.9 cm³/mol. The quantitative estimate of drug-likeness (QED) is 0.732. The highest BCUT2D eigenvalue weighted by Gasteiger charge is 2.21. The Morgan fingerprint density at radius 2 is 1.95 bits per heavy atom. The maximum Gasteiger partial charge on any atom is 0.0740 e. The first-order valence-corrected chi connectivity index (χ1v) is 8.29. The summed E-state index contributed by atoms with van der Waals surface area (Å²) < 4.78 is 0. The SMILES string of the molecule is CCN1CC(Cl)CN=C(c2ccccc2)c2cc(Cl)ccc21. The Labute approximate surface area is 141 Å². The van der Waals surface area contributed by atoms with Crippen molar-refractivity contribution in [2.45, 2.75) is 12.3 Å². The zero-order chi connectivity index (χ0) is 15.5. The Bertz CT molecular complexity index is 683. The molecule has 22 heavy (non-hydrogen) atoms. The number of hydrogen-bond acceptors (Lipinski definition) is 2. The van der Waals surface area contributed by atoms with Crippen LogP contribution >= 0.6 is 23.2 Å². The third kappa shape index (κ3) is 3.13. The Balaban J connectivity index is 2.19. The molecule has 114 valence electrons. The Morgan fingerprint density at radius 3 is 2.68 bits per heavy atom. The summed E-state index contributed by atoms with van der Waals surface area (Å²) in [5.41, 5.74) is 4.26. The fraction of sp³-hybridized carbons (Fsp3) is 0.278. The number of rotatable bonds is 2. The van der Waals surface area contributed by atoms with Gasteiger partial charge in [0.15, 0.2) is 0 Å². The smallest absolute Gasteiger partial charge is 0.0740 e. The topological polar surface area (TPSA) is 15.6 Å². The summed E-state index contributed by atoms with van der Waals surface area (Å²) in [6.07, 6.45) is 0. The van der Waals surface area contributed by atoms with E-state index in [9.17, 15) is 0 Å². The van der Waals surface area contributed by atoms with Crippen LogP contribution in [0.5, 0.6) is 0 Å². The van der Waals surface area contributed by atoms with Crippen molar-refractivity contribution < 1.29 is 0 Å². The molecule has 0 aromatic heterocycles. The number of benzene rings is 2. The lowest BCUT2D eigenvalue weighted by molar-refractivity contribution is 0.756. The summed E-state index contributed by atoms with van der Waals surface area (Å²) in [5.74, 6) is 0. The van der Waals surface area contributed by atoms with E-state index in [0.29, 0.717) is 6.54 Å². The van der Waals surface area contributed by atoms with Crippen LogP contribution in [0.15, 0.2) is 53.5 Å². The Hall–Kier alpha value is -1.51. The van der Waals surface area contributed by atoms with E-state index in [1.54, 1.807) is 0 Å². The number of alkyl halides is 1. The number of aliphatic imine (C=N–C) groups is 1. The fourth-order valence-corrected chi connectivity index (χ4v) is 3.19. The lowest BCUT2D eigenvalue weighted by atomic mass is 9.99. The Kier molecular flexibility index (Phi) is 4.70. The fourth-order valence-electron chi connectivity index (χ4n) is 2.79. The van der Waals surface area contributed by atoms with Gasteiger partial charge >= 0.3 is 0 Å². The van der Waals surface area contributed by atoms with Crippen LogP contribution in [0.2, 0.25) is 5.02 Å². The van der Waals surface area contributed by atoms with Crippen LogP contribution in [0.3, 0.4) is 0 Å². The van der Waals surface area contributed by atoms with Gasteiger partial charge in [-0.15, -0.1) is 11.6 Å². The monoisotopic (exact) mass is 332 g/mol. The van der Waals surface area contributed by atoms with Crippen LogP contribution in [0.4, 0.5) is 5.69 Å². The van der Waals surface area contributed by atoms with Gasteiger partial charge in [-0.05, 0) is 25.1 Å². The van der Waals surface area contributed by atoms with Crippen molar-refractivity contribution in [1.29, 1.82) is 0 Å². The summed E-state index contributed by atoms with van der Waals surface area (Å²) in [7, 11) is 0. The van der Waals surface area contributed by atoms with Crippen molar-refractivity contribution in [3.63, 3.8) is 0 Å². The molecule has 2 aromatic rings. The van der Waals surface area contributed by atoms with Crippen molar-refractivity contribution in [2.75, 3.05) is 24.5 Å². The maximum atomic E-state index is 6.44. The van der Waals surface area contributed by atoms with Gasteiger partial charge < -0.3 is 4.90 Å². The van der Waals surface area contributed by atoms with Crippen molar-refractivity contribution in [3.8, 4) is 0 Å². The summed E-state index contributed by atoms with van der Waals surface area (Å²) >= 11 is 12.7. The largest absolute Gasteiger partial charge is 0.370 e. The van der Waals surface area contributed by atoms with Crippen LogP contribution in [0, 0.1) is 0 Å². The molecule has 2 nitrogen and oxygen atoms in total. The second kappa shape index (κ2) is 6.72. The van der Waals surface area contributed by atoms with E-state index in [-0.39, 0.29) is 5.38 Å². The molecular formula is C18H18Cl2N2. The van der Waals surface area contributed by atoms with Gasteiger partial charge in [-0.1, -0.05) is 41.9 Å². The van der Waals surface area contributed by atoms with Gasteiger partial charge in [0.05, 0.1) is 17.6 Å². The third-order valence-corrected chi connectivity index (χ3v) is 4.36. The molecule has 1 aliphatic rings. The van der Waals surface area contributed by atoms with E-state index in [2.05, 4.69) is 30.0 Å². The number of fused-ring (bicyclic) bond motifs is 1. The molecule has 1 aliphatic heterocycles. The van der Waals surface area contributed by atoms with Gasteiger partial charge in [0, 0.05) is 34.9 Å². The third-order valence-electron chi connectivity index (χ3n) is 3.85. The first-order chi connectivity index (χ1) is 10.7. The second-order valence-corrected chi connectivity index (χ2v) is 6.41. The van der Waals surface area contributed by atoms with Gasteiger partial charge in [-0.25, -0.2) is 0 Å². The van der Waals surface area contributed by atoms with E-state index in [1.807, 2.05) is 30.3 Å². The lowest BCUT2D eigenvalue weighted by Gasteiger charge is -2.30. The number of nitrogens with zero attached hydrogens (tertiary/aromatic N) is 2. The van der Waals surface area contributed by atoms with Gasteiger partial charge in [-0.2, -0.15) is 0 Å². The van der Waals surface area contributed by atoms with Gasteiger partial charge in [0.1, 0.15) is 0 Å². The zero-order valence-electron chi connectivity index (χ0n) is 12.5. The molecule has 2 aromatic carbocycles. The standard InChI is InChI=1S/C18H18Cl2N2/c1-2-22-12-15(20)11-21-18(13-6-4-3-5-7-13)16-10-14(19)8-9-17(16)22/h3-10,15H,2,11-12H2,1H3. The molecule has 0 spiro atoms. The maximum absolute atomic E-state index is 6.44. The van der Waals surface area contributed by atoms with Crippen LogP contribution in [0.1, 0.15) is 18.1 Å². The van der Waals surface area contributed by atoms with Crippen molar-refractivity contribution in [3.05, 3.63) is 64.7 Å². The summed E-state index contributed by atoms with van der Waals surface area (Å²) in [6, 6.07) is 16.2. The van der Waals surface area contributed by atoms with Crippen LogP contribution in [0.25, 0.3) is 0 Å². The van der Waals surface area contributed by atoms with Crippen molar-refractivity contribution >= 4 is 34.6 Å². The highest BCUT2D eigenvalue weighted by Crippen LogP contribution is 2.29. The molecule has 0 bridgehead atoms. The van der Waals surface area contributed by atoms with Crippen molar-refractivity contribution in [2.24, 2.45) is 4.99 Å². The minimum atomic E-state index is 0.00231. The normalized spacial score (nSPS) is 18.2. The van der Waals surface area contributed by atoms with E-state index >= 15 is 0 Å². The summed E-state index contributed by atoms with van der Waals surface area (Å²) in [5, 5.41) is 0.726. The molecule has 0 saturated carbocycles. The molecule has 1 heterocycles. The van der Waals surface area contributed by atoms with Gasteiger partial charge in [0.2, 0.25) is 0 Å². The second-order valence-electron chi connectivity index (χ2n) is 5.35. The average molecular weight is 333 g/mol. The molecular weight excluding hydrogens is 315 g/mol. The molecule has 0 aliphatic carbocycles. The van der Waals surface area contributed by atoms with Crippen molar-refractivity contribution in [1.82, 2.24) is 0 Å². The zero-order valence-corrected chi connectivity index (χ0v) is 14.0. The van der Waals surface area contributed by atoms with E-state index in [0.717, 1.165) is 40.6 Å². The minimum absolute atomic E-state index is 0.00231. The first-order valence-electron chi connectivity index (χ1n) is 7.48. The van der Waals surface area contributed by atoms with Gasteiger partial charge in [-0.3, -0.25) is 4.99 Å². The highest BCUT2D eigenvalue weighted by molar-refractivity contribution is 6.31. The molecule has 0 amide bonds. The molecule has 0 fully saturated rings. The molecule has 4 heteroatoms. The molecule has 1 atom stereocenters. The lowest BCUT2D eigenvalue weighted by Crippen LogP contribution is -2.34. The van der Waals surface area contributed by atoms with Crippen LogP contribution in [-0.4, -0.2) is 30.7 Å². The number of anilines is 1. The molecule has 0 saturated heterocycles. The van der Waals surface area contributed by atoms with Crippen LogP contribution in [-0.2, 0) is 0 Å². The number of hydrogen-bond donors (Lipinski definition) is 0. The highest BCUT2D eigenvalue weighted by atomic mass is 35.5. The Morgan fingerprint density at radius 1 is 1.18 bits per heavy atom. The summed E-state index contributed by atoms with van der Waals surface area (Å²) in [6.45, 7) is 4.44. The van der Waals surface area contributed by atoms with E-state index in [1.165, 1.54) is 0 Å². The van der Waals surface area contributed by atoms with E-state index in [4.69, 9.17) is 28.2 Å². The first kappa shape index (κ1) is 15.4. The molecule has 0 N–H and O–H groups in total. The van der Waals surface area contributed by atoms with Crippen LogP contribution < -0.4 is 4.90 Å². The molecule has 3 rings (SSSR count). The minimum Gasteiger partial charge on any atom is -0.370 e. The summed E-state index contributed by atoms with van der Waals surface area (Å²) in [4.78, 5) is 7.08. The average Bonchev–Trinajstić information content (AvgIpc) is 2.53. The number of halogens is 2. The van der Waals surface area contributed by atoms with Gasteiger partial charge in [0.25, 0.3) is 0 Å². The van der Waals surface area contributed by atoms with E-state index < -0.39 is 0 Å². The predicted octanol–water partition coefficient (Wildman–Crippen LogP) is 4.62.